The Labute approximate surface area is 209 Å². The Kier molecular flexibility index (Phi) is 7.34. The van der Waals surface area contributed by atoms with Crippen LogP contribution in [0.5, 0.6) is 0 Å². The molecule has 33 heavy (non-hydrogen) atoms. The normalized spacial score (nSPS) is 11.2. The topological polar surface area (TPSA) is 84.2 Å². The van der Waals surface area contributed by atoms with Gasteiger partial charge in [0.1, 0.15) is 5.01 Å². The van der Waals surface area contributed by atoms with Crippen molar-refractivity contribution in [2.45, 2.75) is 19.9 Å². The third-order valence-corrected chi connectivity index (χ3v) is 6.40. The number of rotatable bonds is 6. The minimum absolute atomic E-state index is 0.233. The van der Waals surface area contributed by atoms with E-state index in [-0.39, 0.29) is 11.0 Å². The lowest BCUT2D eigenvalue weighted by molar-refractivity contribution is -0.115. The fourth-order valence-electron chi connectivity index (χ4n) is 2.94. The fourth-order valence-corrected chi connectivity index (χ4v) is 4.45. The maximum Gasteiger partial charge on any atom is 0.250 e. The first-order valence-electron chi connectivity index (χ1n) is 9.95. The highest BCUT2D eigenvalue weighted by atomic mass is 35.5. The summed E-state index contributed by atoms with van der Waals surface area (Å²) in [6, 6.07) is 13.0. The average Bonchev–Trinajstić information content (AvgIpc) is 3.38. The molecule has 168 valence electrons. The van der Waals surface area contributed by atoms with Gasteiger partial charge in [0.2, 0.25) is 10.9 Å². The molecule has 4 rings (SSSR count). The van der Waals surface area contributed by atoms with Crippen LogP contribution in [0, 0.1) is 0 Å². The molecule has 0 aliphatic carbocycles. The number of aryl methyl sites for hydroxylation is 1. The van der Waals surface area contributed by atoms with Crippen molar-refractivity contribution in [3.05, 3.63) is 75.5 Å². The number of nitrogens with one attached hydrogen (secondary N) is 2. The van der Waals surface area contributed by atoms with Crippen molar-refractivity contribution < 1.29 is 4.79 Å². The van der Waals surface area contributed by atoms with Gasteiger partial charge in [0.05, 0.1) is 0 Å². The molecule has 0 spiro atoms. The first kappa shape index (κ1) is 23.3. The summed E-state index contributed by atoms with van der Waals surface area (Å²) in [6.45, 7) is 2.49. The van der Waals surface area contributed by atoms with Crippen LogP contribution in [0.3, 0.4) is 0 Å². The van der Waals surface area contributed by atoms with Crippen molar-refractivity contribution in [2.75, 3.05) is 0 Å². The summed E-state index contributed by atoms with van der Waals surface area (Å²) in [4.78, 5) is 12.9. The Morgan fingerprint density at radius 1 is 1.18 bits per heavy atom. The number of benzene rings is 2. The first-order valence-corrected chi connectivity index (χ1v) is 11.9. The number of nitrogens with zero attached hydrogens (tertiary/aromatic N) is 4. The molecule has 0 unspecified atom stereocenters. The Balaban J connectivity index is 1.30. The number of hydrogen-bond donors (Lipinski definition) is 2. The second-order valence-electron chi connectivity index (χ2n) is 6.94. The molecule has 0 saturated carbocycles. The van der Waals surface area contributed by atoms with Gasteiger partial charge in [-0.3, -0.25) is 10.1 Å². The molecule has 0 fully saturated rings. The average molecular weight is 517 g/mol. The number of aromatic nitrogens is 4. The highest BCUT2D eigenvalue weighted by Crippen LogP contribution is 2.26. The zero-order valence-electron chi connectivity index (χ0n) is 17.4. The molecule has 0 saturated heterocycles. The lowest BCUT2D eigenvalue weighted by atomic mass is 10.1. The third kappa shape index (κ3) is 5.75. The molecule has 0 aliphatic heterocycles. The smallest absolute Gasteiger partial charge is 0.250 e. The van der Waals surface area contributed by atoms with E-state index >= 15 is 0 Å². The highest BCUT2D eigenvalue weighted by molar-refractivity contribution is 7.80. The molecule has 4 aromatic rings. The summed E-state index contributed by atoms with van der Waals surface area (Å²) in [5.41, 5.74) is 2.69. The SMILES string of the molecule is CCc1nnc2sc(-c3ccc(CNC(=S)NC(=O)/C=C/c4ccc(Cl)cc4Cl)cc3)nn12. The maximum atomic E-state index is 12.1. The van der Waals surface area contributed by atoms with Gasteiger partial charge < -0.3 is 5.32 Å². The standard InChI is InChI=1S/C22H18Cl2N6OS2/c1-2-18-27-28-22-30(18)29-20(33-22)15-5-3-13(4-6-15)12-25-21(32)26-19(31)10-8-14-7-9-16(23)11-17(14)24/h3-11H,2,12H2,1H3,(H2,25,26,31,32)/b10-8+. The monoisotopic (exact) mass is 516 g/mol. The largest absolute Gasteiger partial charge is 0.358 e. The molecule has 0 bridgehead atoms. The predicted molar refractivity (Wildman–Crippen MR) is 137 cm³/mol. The van der Waals surface area contributed by atoms with Crippen LogP contribution in [0.25, 0.3) is 21.6 Å². The van der Waals surface area contributed by atoms with Gasteiger partial charge in [0.25, 0.3) is 0 Å². The van der Waals surface area contributed by atoms with Gasteiger partial charge in [-0.05, 0) is 41.6 Å². The van der Waals surface area contributed by atoms with E-state index in [1.165, 1.54) is 17.4 Å². The molecule has 11 heteroatoms. The highest BCUT2D eigenvalue weighted by Gasteiger charge is 2.11. The first-order chi connectivity index (χ1) is 15.9. The molecule has 2 aromatic carbocycles. The van der Waals surface area contributed by atoms with Crippen molar-refractivity contribution in [1.29, 1.82) is 0 Å². The van der Waals surface area contributed by atoms with Gasteiger partial charge in [-0.15, -0.1) is 10.2 Å². The Morgan fingerprint density at radius 3 is 2.70 bits per heavy atom. The number of carbonyl (C=O) groups excluding carboxylic acids is 1. The second kappa shape index (κ2) is 10.4. The van der Waals surface area contributed by atoms with E-state index in [4.69, 9.17) is 35.4 Å². The van der Waals surface area contributed by atoms with E-state index < -0.39 is 0 Å². The van der Waals surface area contributed by atoms with Crippen molar-refractivity contribution in [2.24, 2.45) is 0 Å². The molecule has 0 atom stereocenters. The molecule has 0 aliphatic rings. The third-order valence-electron chi connectivity index (χ3n) is 4.64. The van der Waals surface area contributed by atoms with Crippen LogP contribution in [-0.4, -0.2) is 30.8 Å². The molecule has 2 N–H and O–H groups in total. The summed E-state index contributed by atoms with van der Waals surface area (Å²) in [5.74, 6) is 0.485. The lowest BCUT2D eigenvalue weighted by Crippen LogP contribution is -2.37. The molecule has 2 heterocycles. The van der Waals surface area contributed by atoms with E-state index in [0.29, 0.717) is 22.2 Å². The van der Waals surface area contributed by atoms with E-state index in [2.05, 4.69) is 25.9 Å². The molecule has 0 radical (unpaired) electrons. The molecular formula is C22H18Cl2N6OS2. The van der Waals surface area contributed by atoms with E-state index in [1.54, 1.807) is 28.8 Å². The molecular weight excluding hydrogens is 499 g/mol. The minimum Gasteiger partial charge on any atom is -0.358 e. The van der Waals surface area contributed by atoms with Gasteiger partial charge in [0, 0.05) is 34.7 Å². The van der Waals surface area contributed by atoms with Gasteiger partial charge in [0.15, 0.2) is 10.9 Å². The van der Waals surface area contributed by atoms with E-state index in [9.17, 15) is 4.79 Å². The predicted octanol–water partition coefficient (Wildman–Crippen LogP) is 4.93. The summed E-state index contributed by atoms with van der Waals surface area (Å²) in [7, 11) is 0. The van der Waals surface area contributed by atoms with Crippen molar-refractivity contribution >= 4 is 68.8 Å². The number of halogens is 2. The zero-order valence-corrected chi connectivity index (χ0v) is 20.5. The number of hydrogen-bond acceptors (Lipinski definition) is 6. The summed E-state index contributed by atoms with van der Waals surface area (Å²) < 4.78 is 1.78. The van der Waals surface area contributed by atoms with E-state index in [1.807, 2.05) is 31.2 Å². The lowest BCUT2D eigenvalue weighted by Gasteiger charge is -2.08. The number of fused-ring (bicyclic) bond motifs is 1. The fraction of sp³-hybridized carbons (Fsp3) is 0.136. The van der Waals surface area contributed by atoms with Crippen molar-refractivity contribution in [1.82, 2.24) is 30.4 Å². The van der Waals surface area contributed by atoms with Crippen molar-refractivity contribution in [3.63, 3.8) is 0 Å². The summed E-state index contributed by atoms with van der Waals surface area (Å²) in [6.07, 6.45) is 3.74. The minimum atomic E-state index is -0.358. The van der Waals surface area contributed by atoms with Crippen molar-refractivity contribution in [3.8, 4) is 10.6 Å². The van der Waals surface area contributed by atoms with Crippen LogP contribution in [0.4, 0.5) is 0 Å². The van der Waals surface area contributed by atoms with E-state index in [0.717, 1.165) is 33.3 Å². The van der Waals surface area contributed by atoms with Crippen LogP contribution in [-0.2, 0) is 17.8 Å². The van der Waals surface area contributed by atoms with Gasteiger partial charge in [-0.2, -0.15) is 9.61 Å². The van der Waals surface area contributed by atoms with Crippen LogP contribution in [0.2, 0.25) is 10.0 Å². The van der Waals surface area contributed by atoms with Crippen LogP contribution >= 0.6 is 46.8 Å². The van der Waals surface area contributed by atoms with Gasteiger partial charge >= 0.3 is 0 Å². The van der Waals surface area contributed by atoms with Crippen LogP contribution in [0.1, 0.15) is 23.9 Å². The number of amides is 1. The van der Waals surface area contributed by atoms with Crippen LogP contribution < -0.4 is 10.6 Å². The second-order valence-corrected chi connectivity index (χ2v) is 9.15. The number of thiocarbonyl (C=S) groups is 1. The molecule has 1 amide bonds. The van der Waals surface area contributed by atoms with Gasteiger partial charge in [-0.1, -0.05) is 71.8 Å². The summed E-state index contributed by atoms with van der Waals surface area (Å²) >= 11 is 18.7. The maximum absolute atomic E-state index is 12.1. The zero-order chi connectivity index (χ0) is 23.4. The molecule has 7 nitrogen and oxygen atoms in total. The quantitative estimate of drug-likeness (QED) is 0.279. The Morgan fingerprint density at radius 2 is 1.97 bits per heavy atom. The van der Waals surface area contributed by atoms with Crippen LogP contribution in [0.15, 0.2) is 48.5 Å². The van der Waals surface area contributed by atoms with Gasteiger partial charge in [-0.25, -0.2) is 0 Å². The summed E-state index contributed by atoms with van der Waals surface area (Å²) in [5, 5.41) is 20.6. The Bertz CT molecular complexity index is 1350. The number of carbonyl (C=O) groups is 1. The molecule has 2 aromatic heterocycles. The Hall–Kier alpha value is -2.85.